The number of nitrogens with zero attached hydrogens (tertiary/aromatic N) is 1. The summed E-state index contributed by atoms with van der Waals surface area (Å²) in [5.74, 6) is 1.84. The van der Waals surface area contributed by atoms with Gasteiger partial charge in [0.25, 0.3) is 0 Å². The molecule has 1 amide bonds. The van der Waals surface area contributed by atoms with Crippen molar-refractivity contribution in [1.82, 2.24) is 10.2 Å². The average Bonchev–Trinajstić information content (AvgIpc) is 3.49. The maximum atomic E-state index is 14.8. The van der Waals surface area contributed by atoms with E-state index in [0.717, 1.165) is 63.6 Å². The zero-order chi connectivity index (χ0) is 34.1. The van der Waals surface area contributed by atoms with Gasteiger partial charge in [0.05, 0.1) is 5.41 Å². The second-order valence-electron chi connectivity index (χ2n) is 17.4. The van der Waals surface area contributed by atoms with Crippen molar-refractivity contribution in [3.05, 3.63) is 41.0 Å². The van der Waals surface area contributed by atoms with Gasteiger partial charge in [0.2, 0.25) is 5.91 Å². The Morgan fingerprint density at radius 2 is 1.65 bits per heavy atom. The predicted molar refractivity (Wildman–Crippen MR) is 189 cm³/mol. The van der Waals surface area contributed by atoms with Gasteiger partial charge >= 0.3 is 5.97 Å². The number of halogens is 2. The second kappa shape index (κ2) is 12.7. The van der Waals surface area contributed by atoms with E-state index in [1.807, 2.05) is 11.8 Å². The highest BCUT2D eigenvalue weighted by Gasteiger charge is 2.66. The molecule has 6 aliphatic rings. The Bertz CT molecular complexity index is 1450. The molecule has 264 valence electrons. The van der Waals surface area contributed by atoms with E-state index >= 15 is 0 Å². The molecule has 2 N–H and O–H groups in total. The van der Waals surface area contributed by atoms with Gasteiger partial charge in [0.1, 0.15) is 17.2 Å². The lowest BCUT2D eigenvalue weighted by Crippen LogP contribution is -2.62. The maximum absolute atomic E-state index is 14.8. The van der Waals surface area contributed by atoms with Crippen molar-refractivity contribution in [3.8, 4) is 0 Å². The first-order chi connectivity index (χ1) is 22.8. The van der Waals surface area contributed by atoms with Crippen LogP contribution in [-0.2, 0) is 4.79 Å². The van der Waals surface area contributed by atoms with E-state index in [0.29, 0.717) is 41.1 Å². The fraction of sp³-hybridized carbons (Fsp3) is 0.750. The first-order valence-corrected chi connectivity index (χ1v) is 20.0. The summed E-state index contributed by atoms with van der Waals surface area (Å²) in [5.41, 5.74) is 0.309. The predicted octanol–water partition coefficient (Wildman–Crippen LogP) is 8.68. The molecule has 5 aliphatic carbocycles. The van der Waals surface area contributed by atoms with Gasteiger partial charge in [-0.3, -0.25) is 4.79 Å². The minimum Gasteiger partial charge on any atom is -0.477 e. The zero-order valence-electron chi connectivity index (χ0n) is 29.5. The molecule has 0 bridgehead atoms. The third kappa shape index (κ3) is 5.40. The van der Waals surface area contributed by atoms with Crippen molar-refractivity contribution in [3.63, 3.8) is 0 Å². The van der Waals surface area contributed by atoms with E-state index < -0.39 is 23.2 Å². The van der Waals surface area contributed by atoms with Crippen LogP contribution in [0, 0.1) is 62.9 Å². The fourth-order valence-corrected chi connectivity index (χ4v) is 14.1. The SMILES string of the molecule is CC1(C)C(c2cc(F)c(C(=O)O)c(F)c2)=CCC2(C)C1CCC1(C)C3CCC4(C(=O)NCCCN5CCSCC5)CCCC4C3CCC12. The van der Waals surface area contributed by atoms with Crippen molar-refractivity contribution in [2.45, 2.75) is 98.3 Å². The van der Waals surface area contributed by atoms with Crippen molar-refractivity contribution in [2.75, 3.05) is 37.7 Å². The van der Waals surface area contributed by atoms with Gasteiger partial charge < -0.3 is 15.3 Å². The molecule has 5 nitrogen and oxygen atoms in total. The molecule has 8 heteroatoms. The average molecular weight is 683 g/mol. The Morgan fingerprint density at radius 1 is 0.917 bits per heavy atom. The summed E-state index contributed by atoms with van der Waals surface area (Å²) in [6.45, 7) is 13.7. The molecule has 5 fully saturated rings. The van der Waals surface area contributed by atoms with Gasteiger partial charge in [-0.25, -0.2) is 13.6 Å². The van der Waals surface area contributed by atoms with Crippen molar-refractivity contribution >= 4 is 29.2 Å². The first kappa shape index (κ1) is 34.5. The number of benzene rings is 1. The van der Waals surface area contributed by atoms with Gasteiger partial charge in [-0.2, -0.15) is 11.8 Å². The number of allylic oxidation sites excluding steroid dienone is 2. The molecule has 8 unspecified atom stereocenters. The van der Waals surface area contributed by atoms with Gasteiger partial charge in [-0.15, -0.1) is 0 Å². The Balaban J connectivity index is 1.08. The summed E-state index contributed by atoms with van der Waals surface area (Å²) >= 11 is 2.04. The van der Waals surface area contributed by atoms with E-state index in [9.17, 15) is 23.5 Å². The van der Waals surface area contributed by atoms with Crippen molar-refractivity contribution < 1.29 is 23.5 Å². The summed E-state index contributed by atoms with van der Waals surface area (Å²) in [4.78, 5) is 28.0. The number of carboxylic acids is 1. The van der Waals surface area contributed by atoms with Crippen LogP contribution in [0.5, 0.6) is 0 Å². The summed E-state index contributed by atoms with van der Waals surface area (Å²) in [6, 6.07) is 2.45. The van der Waals surface area contributed by atoms with E-state index in [1.165, 1.54) is 62.4 Å². The minimum atomic E-state index is -1.58. The largest absolute Gasteiger partial charge is 0.477 e. The third-order valence-electron chi connectivity index (χ3n) is 15.1. The highest BCUT2D eigenvalue weighted by atomic mass is 32.2. The summed E-state index contributed by atoms with van der Waals surface area (Å²) in [5, 5.41) is 12.8. The topological polar surface area (TPSA) is 69.6 Å². The van der Waals surface area contributed by atoms with E-state index in [1.54, 1.807) is 0 Å². The summed E-state index contributed by atoms with van der Waals surface area (Å²) in [6.07, 6.45) is 14.3. The monoisotopic (exact) mass is 682 g/mol. The molecule has 1 saturated heterocycles. The van der Waals surface area contributed by atoms with Gasteiger partial charge in [-0.1, -0.05) is 40.2 Å². The van der Waals surface area contributed by atoms with Gasteiger partial charge in [0, 0.05) is 31.1 Å². The molecule has 1 heterocycles. The number of amides is 1. The fourth-order valence-electron chi connectivity index (χ4n) is 13.1. The van der Waals surface area contributed by atoms with Crippen LogP contribution < -0.4 is 5.32 Å². The van der Waals surface area contributed by atoms with E-state index in [4.69, 9.17) is 0 Å². The van der Waals surface area contributed by atoms with Crippen LogP contribution in [0.15, 0.2) is 18.2 Å². The van der Waals surface area contributed by atoms with Gasteiger partial charge in [-0.05, 0) is 140 Å². The van der Waals surface area contributed by atoms with Crippen molar-refractivity contribution in [1.29, 1.82) is 0 Å². The Kier molecular flexibility index (Phi) is 9.12. The number of fused-ring (bicyclic) bond motifs is 7. The van der Waals surface area contributed by atoms with Crippen molar-refractivity contribution in [2.24, 2.45) is 51.2 Å². The van der Waals surface area contributed by atoms with Crippen LogP contribution in [0.1, 0.15) is 114 Å². The molecule has 0 spiro atoms. The Morgan fingerprint density at radius 3 is 2.35 bits per heavy atom. The van der Waals surface area contributed by atoms with Crippen LogP contribution in [0.25, 0.3) is 5.57 Å². The van der Waals surface area contributed by atoms with Crippen LogP contribution in [0.4, 0.5) is 8.78 Å². The smallest absolute Gasteiger partial charge is 0.341 e. The number of nitrogens with one attached hydrogen (secondary N) is 1. The number of thioether (sulfide) groups is 1. The highest BCUT2D eigenvalue weighted by molar-refractivity contribution is 7.99. The number of rotatable bonds is 7. The standard InChI is InChI=1S/C40H56F2N2O3S/c1-37(2)27(25-23-30(41)34(35(45)46)31(42)24-25)10-14-39(4)32(37)12-15-38(3)28-11-16-40(13-5-7-29(40)26(28)8-9-33(38)39)36(47)43-17-6-18-44-19-21-48-22-20-44/h10,23-24,26,28-29,32-33H,5-9,11-22H2,1-4H3,(H,43,47)(H,45,46). The van der Waals surface area contributed by atoms with Gasteiger partial charge in [0.15, 0.2) is 0 Å². The quantitative estimate of drug-likeness (QED) is 0.282. The molecular formula is C40H56F2N2O3S. The van der Waals surface area contributed by atoms with E-state index in [-0.39, 0.29) is 21.7 Å². The number of carbonyl (C=O) groups is 2. The molecular weight excluding hydrogens is 627 g/mol. The molecule has 4 saturated carbocycles. The molecule has 0 aromatic heterocycles. The number of carboxylic acid groups (broad SMARTS) is 1. The number of carbonyl (C=O) groups excluding carboxylic acids is 1. The number of hydrogen-bond donors (Lipinski definition) is 2. The molecule has 48 heavy (non-hydrogen) atoms. The molecule has 1 aliphatic heterocycles. The summed E-state index contributed by atoms with van der Waals surface area (Å²) < 4.78 is 29.7. The molecule has 8 atom stereocenters. The van der Waals surface area contributed by atoms with Crippen LogP contribution >= 0.6 is 11.8 Å². The number of hydrogen-bond acceptors (Lipinski definition) is 4. The molecule has 0 radical (unpaired) electrons. The van der Waals surface area contributed by atoms with E-state index in [2.05, 4.69) is 44.0 Å². The summed E-state index contributed by atoms with van der Waals surface area (Å²) in [7, 11) is 0. The second-order valence-corrected chi connectivity index (χ2v) is 18.6. The minimum absolute atomic E-state index is 0.0672. The lowest BCUT2D eigenvalue weighted by atomic mass is 9.36. The van der Waals surface area contributed by atoms with Crippen LogP contribution in [-0.4, -0.2) is 59.6 Å². The third-order valence-corrected chi connectivity index (χ3v) is 16.1. The molecule has 1 aromatic rings. The normalized spacial score (nSPS) is 39.0. The molecule has 7 rings (SSSR count). The van der Waals surface area contributed by atoms with Crippen LogP contribution in [0.3, 0.4) is 0 Å². The van der Waals surface area contributed by atoms with Crippen LogP contribution in [0.2, 0.25) is 0 Å². The maximum Gasteiger partial charge on any atom is 0.341 e. The lowest BCUT2D eigenvalue weighted by Gasteiger charge is -2.68. The zero-order valence-corrected chi connectivity index (χ0v) is 30.3. The first-order valence-electron chi connectivity index (χ1n) is 18.8. The lowest BCUT2D eigenvalue weighted by molar-refractivity contribution is -0.181. The number of aromatic carboxylic acids is 1. The highest BCUT2D eigenvalue weighted by Crippen LogP contribution is 2.73. The Labute approximate surface area is 290 Å². The Hall–Kier alpha value is -1.93. The molecule has 1 aromatic carbocycles.